The van der Waals surface area contributed by atoms with Crippen LogP contribution < -0.4 is 0 Å². The van der Waals surface area contributed by atoms with Gasteiger partial charge in [0.1, 0.15) is 0 Å². The van der Waals surface area contributed by atoms with E-state index in [1.54, 1.807) is 0 Å². The molecule has 0 saturated carbocycles. The summed E-state index contributed by atoms with van der Waals surface area (Å²) < 4.78 is 1.98. The maximum absolute atomic E-state index is 4.44. The molecule has 2 aromatic rings. The van der Waals surface area contributed by atoms with Crippen LogP contribution in [0.25, 0.3) is 0 Å². The van der Waals surface area contributed by atoms with E-state index in [4.69, 9.17) is 0 Å². The Morgan fingerprint density at radius 2 is 1.95 bits per heavy atom. The van der Waals surface area contributed by atoms with E-state index >= 15 is 0 Å². The van der Waals surface area contributed by atoms with Crippen molar-refractivity contribution in [2.75, 3.05) is 0 Å². The van der Waals surface area contributed by atoms with Crippen LogP contribution in [0.2, 0.25) is 0 Å². The lowest BCUT2D eigenvalue weighted by Crippen LogP contribution is -2.32. The van der Waals surface area contributed by atoms with E-state index in [1.807, 2.05) is 31.0 Å². The molecule has 0 aliphatic heterocycles. The molecule has 0 aromatic carbocycles. The van der Waals surface area contributed by atoms with Crippen LogP contribution in [-0.4, -0.2) is 25.7 Å². The van der Waals surface area contributed by atoms with Crippen LogP contribution in [0, 0.1) is 6.92 Å². The number of pyridine rings is 1. The second kappa shape index (κ2) is 6.66. The van der Waals surface area contributed by atoms with Gasteiger partial charge in [-0.3, -0.25) is 14.6 Å². The van der Waals surface area contributed by atoms with Gasteiger partial charge in [-0.25, -0.2) is 0 Å². The molecule has 108 valence electrons. The summed E-state index contributed by atoms with van der Waals surface area (Å²) in [7, 11) is 2.02. The fourth-order valence-electron chi connectivity index (χ4n) is 2.37. The average molecular weight is 272 g/mol. The van der Waals surface area contributed by atoms with E-state index in [9.17, 15) is 0 Å². The molecule has 2 rings (SSSR count). The summed E-state index contributed by atoms with van der Waals surface area (Å²) in [5, 5.41) is 4.44. The zero-order valence-electron chi connectivity index (χ0n) is 12.9. The first-order valence-electron chi connectivity index (χ1n) is 7.22. The first-order chi connectivity index (χ1) is 9.60. The van der Waals surface area contributed by atoms with Crippen molar-refractivity contribution >= 4 is 0 Å². The van der Waals surface area contributed by atoms with Gasteiger partial charge in [0.2, 0.25) is 0 Å². The molecule has 20 heavy (non-hydrogen) atoms. The molecule has 4 heteroatoms. The van der Waals surface area contributed by atoms with Crippen molar-refractivity contribution in [1.29, 1.82) is 0 Å². The standard InChI is InChI=1S/C16H24N4/c1-5-14(3)20(11-15-6-8-17-9-7-15)12-16-10-13(2)18-19(16)4/h6-10,14H,5,11-12H2,1-4H3/t14-/m1/s1. The molecule has 0 spiro atoms. The zero-order valence-corrected chi connectivity index (χ0v) is 12.9. The van der Waals surface area contributed by atoms with Crippen molar-refractivity contribution < 1.29 is 0 Å². The van der Waals surface area contributed by atoms with E-state index in [2.05, 4.69) is 47.0 Å². The van der Waals surface area contributed by atoms with Crippen molar-refractivity contribution in [3.63, 3.8) is 0 Å². The third kappa shape index (κ3) is 3.67. The Morgan fingerprint density at radius 1 is 1.25 bits per heavy atom. The monoisotopic (exact) mass is 272 g/mol. The SMILES string of the molecule is CC[C@@H](C)N(Cc1ccncc1)Cc1cc(C)nn1C. The summed E-state index contributed by atoms with van der Waals surface area (Å²) >= 11 is 0. The molecular formula is C16H24N4. The molecule has 1 atom stereocenters. The number of aromatic nitrogens is 3. The lowest BCUT2D eigenvalue weighted by Gasteiger charge is -2.28. The van der Waals surface area contributed by atoms with Crippen LogP contribution in [0.4, 0.5) is 0 Å². The van der Waals surface area contributed by atoms with Gasteiger partial charge in [0, 0.05) is 38.6 Å². The van der Waals surface area contributed by atoms with Crippen molar-refractivity contribution in [3.05, 3.63) is 47.5 Å². The van der Waals surface area contributed by atoms with Crippen LogP contribution in [0.1, 0.15) is 37.2 Å². The van der Waals surface area contributed by atoms with Gasteiger partial charge in [-0.2, -0.15) is 5.10 Å². The predicted molar refractivity (Wildman–Crippen MR) is 81.2 cm³/mol. The maximum Gasteiger partial charge on any atom is 0.0597 e. The lowest BCUT2D eigenvalue weighted by atomic mass is 10.1. The Hall–Kier alpha value is -1.68. The summed E-state index contributed by atoms with van der Waals surface area (Å²) in [6.45, 7) is 8.43. The number of hydrogen-bond donors (Lipinski definition) is 0. The molecule has 2 heterocycles. The van der Waals surface area contributed by atoms with Crippen molar-refractivity contribution in [2.45, 2.75) is 46.3 Å². The van der Waals surface area contributed by atoms with E-state index in [0.29, 0.717) is 6.04 Å². The topological polar surface area (TPSA) is 34.0 Å². The molecule has 0 saturated heterocycles. The van der Waals surface area contributed by atoms with Crippen LogP contribution in [0.3, 0.4) is 0 Å². The second-order valence-electron chi connectivity index (χ2n) is 5.42. The largest absolute Gasteiger partial charge is 0.291 e. The summed E-state index contributed by atoms with van der Waals surface area (Å²) in [4.78, 5) is 6.58. The van der Waals surface area contributed by atoms with Gasteiger partial charge in [0.05, 0.1) is 11.4 Å². The van der Waals surface area contributed by atoms with Gasteiger partial charge in [-0.05, 0) is 44.0 Å². The van der Waals surface area contributed by atoms with Gasteiger partial charge in [0.25, 0.3) is 0 Å². The van der Waals surface area contributed by atoms with Gasteiger partial charge in [0.15, 0.2) is 0 Å². The highest BCUT2D eigenvalue weighted by Gasteiger charge is 2.15. The van der Waals surface area contributed by atoms with Gasteiger partial charge in [-0.1, -0.05) is 6.92 Å². The number of nitrogens with zero attached hydrogens (tertiary/aromatic N) is 4. The summed E-state index contributed by atoms with van der Waals surface area (Å²) in [6, 6.07) is 6.88. The van der Waals surface area contributed by atoms with Crippen LogP contribution >= 0.6 is 0 Å². The molecule has 0 aliphatic rings. The summed E-state index contributed by atoms with van der Waals surface area (Å²) in [5.41, 5.74) is 3.64. The third-order valence-corrected chi connectivity index (χ3v) is 3.81. The molecular weight excluding hydrogens is 248 g/mol. The molecule has 0 unspecified atom stereocenters. The minimum Gasteiger partial charge on any atom is -0.291 e. The lowest BCUT2D eigenvalue weighted by molar-refractivity contribution is 0.181. The maximum atomic E-state index is 4.44. The second-order valence-corrected chi connectivity index (χ2v) is 5.42. The Bertz CT molecular complexity index is 533. The van der Waals surface area contributed by atoms with Crippen molar-refractivity contribution in [3.8, 4) is 0 Å². The number of rotatable bonds is 6. The van der Waals surface area contributed by atoms with Crippen LogP contribution in [0.15, 0.2) is 30.6 Å². The zero-order chi connectivity index (χ0) is 14.5. The molecule has 0 bridgehead atoms. The molecule has 0 N–H and O–H groups in total. The van der Waals surface area contributed by atoms with Crippen molar-refractivity contribution in [2.24, 2.45) is 7.05 Å². The van der Waals surface area contributed by atoms with E-state index in [0.717, 1.165) is 25.2 Å². The fraction of sp³-hybridized carbons (Fsp3) is 0.500. The van der Waals surface area contributed by atoms with Gasteiger partial charge >= 0.3 is 0 Å². The Morgan fingerprint density at radius 3 is 2.50 bits per heavy atom. The molecule has 0 amide bonds. The van der Waals surface area contributed by atoms with Crippen LogP contribution in [-0.2, 0) is 20.1 Å². The minimum absolute atomic E-state index is 0.540. The Balaban J connectivity index is 2.14. The summed E-state index contributed by atoms with van der Waals surface area (Å²) in [5.74, 6) is 0. The van der Waals surface area contributed by atoms with Crippen molar-refractivity contribution in [1.82, 2.24) is 19.7 Å². The Labute approximate surface area is 121 Å². The number of hydrogen-bond acceptors (Lipinski definition) is 3. The highest BCUT2D eigenvalue weighted by Crippen LogP contribution is 2.15. The van der Waals surface area contributed by atoms with Gasteiger partial charge in [-0.15, -0.1) is 0 Å². The first-order valence-corrected chi connectivity index (χ1v) is 7.22. The van der Waals surface area contributed by atoms with Crippen LogP contribution in [0.5, 0.6) is 0 Å². The minimum atomic E-state index is 0.540. The average Bonchev–Trinajstić information content (AvgIpc) is 2.76. The molecule has 2 aromatic heterocycles. The highest BCUT2D eigenvalue weighted by atomic mass is 15.3. The summed E-state index contributed by atoms with van der Waals surface area (Å²) in [6.07, 6.45) is 4.86. The third-order valence-electron chi connectivity index (χ3n) is 3.81. The first kappa shape index (κ1) is 14.7. The number of aryl methyl sites for hydroxylation is 2. The molecule has 0 fully saturated rings. The fourth-order valence-corrected chi connectivity index (χ4v) is 2.37. The van der Waals surface area contributed by atoms with E-state index in [1.165, 1.54) is 11.3 Å². The molecule has 0 aliphatic carbocycles. The van der Waals surface area contributed by atoms with Gasteiger partial charge < -0.3 is 0 Å². The predicted octanol–water partition coefficient (Wildman–Crippen LogP) is 2.92. The van der Waals surface area contributed by atoms with E-state index < -0.39 is 0 Å². The normalized spacial score (nSPS) is 12.8. The molecule has 4 nitrogen and oxygen atoms in total. The quantitative estimate of drug-likeness (QED) is 0.811. The van der Waals surface area contributed by atoms with E-state index in [-0.39, 0.29) is 0 Å². The highest BCUT2D eigenvalue weighted by molar-refractivity contribution is 5.12. The smallest absolute Gasteiger partial charge is 0.0597 e. The Kier molecular flexibility index (Phi) is 4.90. The molecule has 0 radical (unpaired) electrons.